The van der Waals surface area contributed by atoms with Gasteiger partial charge in [-0.3, -0.25) is 13.9 Å². The highest BCUT2D eigenvalue weighted by atomic mass is 32.2. The highest BCUT2D eigenvalue weighted by Crippen LogP contribution is 2.28. The fourth-order valence-electron chi connectivity index (χ4n) is 4.35. The fraction of sp³-hybridized carbons (Fsp3) is 0.333. The number of aryl methyl sites for hydroxylation is 2. The smallest absolute Gasteiger partial charge is 0.264 e. The normalized spacial score (nSPS) is 11.9. The van der Waals surface area contributed by atoms with Gasteiger partial charge in [0.25, 0.3) is 10.0 Å². The molecule has 2 amide bonds. The second kappa shape index (κ2) is 13.3. The van der Waals surface area contributed by atoms with Crippen LogP contribution >= 0.6 is 0 Å². The van der Waals surface area contributed by atoms with Crippen molar-refractivity contribution in [2.75, 3.05) is 24.5 Å². The summed E-state index contributed by atoms with van der Waals surface area (Å²) in [5.41, 5.74) is 3.06. The number of rotatable bonds is 12. The second-order valence-electron chi connectivity index (χ2n) is 9.36. The predicted octanol–water partition coefficient (Wildman–Crippen LogP) is 4.45. The number of amides is 2. The molecule has 0 spiro atoms. The minimum absolute atomic E-state index is 0.0599. The molecule has 0 fully saturated rings. The van der Waals surface area contributed by atoms with Gasteiger partial charge in [-0.1, -0.05) is 60.5 Å². The third-order valence-electron chi connectivity index (χ3n) is 6.40. The lowest BCUT2D eigenvalue weighted by Gasteiger charge is -2.33. The van der Waals surface area contributed by atoms with Crippen LogP contribution in [0.4, 0.5) is 5.69 Å². The number of sulfonamides is 1. The minimum Gasteiger partial charge on any atom is -0.497 e. The second-order valence-corrected chi connectivity index (χ2v) is 11.2. The van der Waals surface area contributed by atoms with E-state index < -0.39 is 28.5 Å². The molecule has 3 aromatic carbocycles. The largest absolute Gasteiger partial charge is 0.497 e. The van der Waals surface area contributed by atoms with Gasteiger partial charge < -0.3 is 15.0 Å². The lowest BCUT2D eigenvalue weighted by atomic mass is 10.1. The molecular formula is C30H37N3O5S. The molecular weight excluding hydrogens is 514 g/mol. The fourth-order valence-corrected chi connectivity index (χ4v) is 5.76. The Hall–Kier alpha value is -3.85. The first kappa shape index (κ1) is 29.7. The molecule has 0 radical (unpaired) electrons. The molecule has 1 atom stereocenters. The van der Waals surface area contributed by atoms with E-state index >= 15 is 0 Å². The molecule has 0 saturated heterocycles. The number of methoxy groups -OCH3 is 1. The summed E-state index contributed by atoms with van der Waals surface area (Å²) < 4.78 is 34.2. The molecule has 8 nitrogen and oxygen atoms in total. The van der Waals surface area contributed by atoms with Gasteiger partial charge in [0.15, 0.2) is 0 Å². The molecule has 0 heterocycles. The summed E-state index contributed by atoms with van der Waals surface area (Å²) in [6.07, 6.45) is 0.368. The van der Waals surface area contributed by atoms with Crippen LogP contribution in [-0.2, 0) is 26.2 Å². The zero-order valence-corrected chi connectivity index (χ0v) is 24.0. The highest BCUT2D eigenvalue weighted by molar-refractivity contribution is 7.92. The number of nitrogens with one attached hydrogen (secondary N) is 1. The number of ether oxygens (including phenoxy) is 1. The van der Waals surface area contributed by atoms with Gasteiger partial charge in [0.2, 0.25) is 11.8 Å². The van der Waals surface area contributed by atoms with Gasteiger partial charge in [-0.15, -0.1) is 0 Å². The molecule has 9 heteroatoms. The molecule has 0 bridgehead atoms. The molecule has 0 aliphatic heterocycles. The standard InChI is InChI=1S/C30H37N3O5S/c1-6-28(30(35)31-7-2)32(20-24-11-8-10-23(4)18-24)29(34)21-33(25-12-9-13-26(19-25)38-5)39(36,37)27-16-14-22(3)15-17-27/h8-19,28H,6-7,20-21H2,1-5H3,(H,31,35)/t28-/m0/s1. The Morgan fingerprint density at radius 3 is 2.23 bits per heavy atom. The van der Waals surface area contributed by atoms with Gasteiger partial charge in [0, 0.05) is 19.2 Å². The Morgan fingerprint density at radius 2 is 1.62 bits per heavy atom. The quantitative estimate of drug-likeness (QED) is 0.359. The Morgan fingerprint density at radius 1 is 0.923 bits per heavy atom. The summed E-state index contributed by atoms with van der Waals surface area (Å²) in [4.78, 5) is 28.6. The van der Waals surface area contributed by atoms with Crippen molar-refractivity contribution in [2.24, 2.45) is 0 Å². The summed E-state index contributed by atoms with van der Waals surface area (Å²) in [5.74, 6) is -0.321. The van der Waals surface area contributed by atoms with Crippen molar-refractivity contribution in [1.82, 2.24) is 10.2 Å². The van der Waals surface area contributed by atoms with Gasteiger partial charge >= 0.3 is 0 Å². The number of likely N-dealkylation sites (N-methyl/N-ethyl adjacent to an activating group) is 1. The number of carbonyl (C=O) groups is 2. The van der Waals surface area contributed by atoms with E-state index in [9.17, 15) is 18.0 Å². The molecule has 0 unspecified atom stereocenters. The van der Waals surface area contributed by atoms with Crippen molar-refractivity contribution < 1.29 is 22.7 Å². The Balaban J connectivity index is 2.08. The molecule has 1 N–H and O–H groups in total. The first-order chi connectivity index (χ1) is 18.6. The first-order valence-electron chi connectivity index (χ1n) is 13.0. The topological polar surface area (TPSA) is 96.0 Å². The Labute approximate surface area is 231 Å². The Bertz CT molecular complexity index is 1390. The van der Waals surface area contributed by atoms with Crippen LogP contribution < -0.4 is 14.4 Å². The molecule has 0 aliphatic carbocycles. The van der Waals surface area contributed by atoms with E-state index in [1.165, 1.54) is 24.1 Å². The highest BCUT2D eigenvalue weighted by Gasteiger charge is 2.33. The number of benzene rings is 3. The maximum atomic E-state index is 14.0. The van der Waals surface area contributed by atoms with E-state index in [1.807, 2.05) is 52.0 Å². The SMILES string of the molecule is CCNC(=O)[C@H](CC)N(Cc1cccc(C)c1)C(=O)CN(c1cccc(OC)c1)S(=O)(=O)c1ccc(C)cc1. The monoisotopic (exact) mass is 551 g/mol. The van der Waals surface area contributed by atoms with Crippen LogP contribution in [0.15, 0.2) is 77.7 Å². The average Bonchev–Trinajstić information content (AvgIpc) is 2.91. The van der Waals surface area contributed by atoms with E-state index in [1.54, 1.807) is 36.4 Å². The number of hydrogen-bond acceptors (Lipinski definition) is 5. The van der Waals surface area contributed by atoms with Crippen LogP contribution in [0, 0.1) is 13.8 Å². The maximum absolute atomic E-state index is 14.0. The summed E-state index contributed by atoms with van der Waals surface area (Å²) >= 11 is 0. The van der Waals surface area contributed by atoms with E-state index in [-0.39, 0.29) is 23.0 Å². The first-order valence-corrected chi connectivity index (χ1v) is 14.4. The number of carbonyl (C=O) groups excluding carboxylic acids is 2. The molecule has 39 heavy (non-hydrogen) atoms. The van der Waals surface area contributed by atoms with Gasteiger partial charge in [0.05, 0.1) is 17.7 Å². The van der Waals surface area contributed by atoms with Crippen LogP contribution in [0.25, 0.3) is 0 Å². The molecule has 0 saturated carbocycles. The third-order valence-corrected chi connectivity index (χ3v) is 8.19. The minimum atomic E-state index is -4.14. The summed E-state index contributed by atoms with van der Waals surface area (Å²) in [7, 11) is -2.65. The van der Waals surface area contributed by atoms with Gasteiger partial charge in [0.1, 0.15) is 18.3 Å². The van der Waals surface area contributed by atoms with Gasteiger partial charge in [-0.25, -0.2) is 8.42 Å². The van der Waals surface area contributed by atoms with Crippen molar-refractivity contribution >= 4 is 27.5 Å². The number of hydrogen-bond donors (Lipinski definition) is 1. The predicted molar refractivity (Wildman–Crippen MR) is 153 cm³/mol. The van der Waals surface area contributed by atoms with Crippen molar-refractivity contribution in [3.63, 3.8) is 0 Å². The van der Waals surface area contributed by atoms with Crippen molar-refractivity contribution in [3.8, 4) is 5.75 Å². The zero-order chi connectivity index (χ0) is 28.6. The third kappa shape index (κ3) is 7.38. The molecule has 208 valence electrons. The zero-order valence-electron chi connectivity index (χ0n) is 23.2. The van der Waals surface area contributed by atoms with E-state index in [0.29, 0.717) is 18.7 Å². The summed E-state index contributed by atoms with van der Waals surface area (Å²) in [5, 5.41) is 2.81. The van der Waals surface area contributed by atoms with Crippen LogP contribution in [-0.4, -0.2) is 51.4 Å². The molecule has 0 aliphatic rings. The number of anilines is 1. The average molecular weight is 552 g/mol. The van der Waals surface area contributed by atoms with Crippen molar-refractivity contribution in [1.29, 1.82) is 0 Å². The lowest BCUT2D eigenvalue weighted by Crippen LogP contribution is -2.52. The van der Waals surface area contributed by atoms with Gasteiger partial charge in [-0.2, -0.15) is 0 Å². The summed E-state index contributed by atoms with van der Waals surface area (Å²) in [6, 6.07) is 20.0. The lowest BCUT2D eigenvalue weighted by molar-refractivity contribution is -0.140. The van der Waals surface area contributed by atoms with E-state index in [2.05, 4.69) is 5.32 Å². The van der Waals surface area contributed by atoms with Crippen LogP contribution in [0.2, 0.25) is 0 Å². The molecule has 3 rings (SSSR count). The van der Waals surface area contributed by atoms with Crippen LogP contribution in [0.1, 0.15) is 37.0 Å². The van der Waals surface area contributed by atoms with Gasteiger partial charge in [-0.05, 0) is 57.0 Å². The van der Waals surface area contributed by atoms with Crippen LogP contribution in [0.5, 0.6) is 5.75 Å². The summed E-state index contributed by atoms with van der Waals surface area (Å²) in [6.45, 7) is 7.55. The molecule has 0 aromatic heterocycles. The van der Waals surface area contributed by atoms with Crippen LogP contribution in [0.3, 0.4) is 0 Å². The number of nitrogens with zero attached hydrogens (tertiary/aromatic N) is 2. The molecule has 3 aromatic rings. The van der Waals surface area contributed by atoms with E-state index in [4.69, 9.17) is 4.74 Å². The van der Waals surface area contributed by atoms with Crippen molar-refractivity contribution in [2.45, 2.75) is 51.6 Å². The van der Waals surface area contributed by atoms with E-state index in [0.717, 1.165) is 21.0 Å². The Kier molecular flexibility index (Phi) is 10.1. The maximum Gasteiger partial charge on any atom is 0.264 e. The van der Waals surface area contributed by atoms with Crippen molar-refractivity contribution in [3.05, 3.63) is 89.5 Å².